The zero-order chi connectivity index (χ0) is 19.3. The van der Waals surface area contributed by atoms with E-state index < -0.39 is 17.8 Å². The van der Waals surface area contributed by atoms with E-state index in [2.05, 4.69) is 10.4 Å². The Morgan fingerprint density at radius 2 is 2.08 bits per heavy atom. The number of hydrogen-bond acceptors (Lipinski definition) is 6. The van der Waals surface area contributed by atoms with Gasteiger partial charge in [-0.1, -0.05) is 6.92 Å². The van der Waals surface area contributed by atoms with Crippen molar-refractivity contribution in [1.29, 1.82) is 0 Å². The first-order valence-corrected chi connectivity index (χ1v) is 9.04. The van der Waals surface area contributed by atoms with E-state index in [0.29, 0.717) is 17.0 Å². The molecule has 2 aromatic rings. The zero-order valence-corrected chi connectivity index (χ0v) is 15.7. The largest absolute Gasteiger partial charge is 0.481 e. The number of aliphatic carboxylic acids is 1. The first kappa shape index (κ1) is 19.6. The smallest absolute Gasteiger partial charge is 0.341 e. The number of aromatic nitrogens is 2. The van der Waals surface area contributed by atoms with Crippen molar-refractivity contribution in [2.45, 2.75) is 40.2 Å². The second-order valence-electron chi connectivity index (χ2n) is 5.48. The maximum Gasteiger partial charge on any atom is 0.341 e. The lowest BCUT2D eigenvalue weighted by Gasteiger charge is -2.07. The van der Waals surface area contributed by atoms with Crippen molar-refractivity contribution in [3.8, 4) is 0 Å². The minimum absolute atomic E-state index is 0.0836. The fourth-order valence-electron chi connectivity index (χ4n) is 2.50. The maximum atomic E-state index is 12.5. The van der Waals surface area contributed by atoms with Crippen molar-refractivity contribution in [3.05, 3.63) is 34.0 Å². The molecule has 9 heteroatoms. The van der Waals surface area contributed by atoms with Gasteiger partial charge in [0.05, 0.1) is 25.1 Å². The highest BCUT2D eigenvalue weighted by Crippen LogP contribution is 2.34. The highest BCUT2D eigenvalue weighted by Gasteiger charge is 2.24. The van der Waals surface area contributed by atoms with Crippen LogP contribution in [0.1, 0.15) is 51.6 Å². The molecule has 0 bridgehead atoms. The van der Waals surface area contributed by atoms with Crippen molar-refractivity contribution in [3.63, 3.8) is 0 Å². The predicted octanol–water partition coefficient (Wildman–Crippen LogP) is 2.72. The summed E-state index contributed by atoms with van der Waals surface area (Å²) in [7, 11) is 0. The normalized spacial score (nSPS) is 10.6. The summed E-state index contributed by atoms with van der Waals surface area (Å²) in [5.74, 6) is -1.86. The number of aryl methyl sites for hydroxylation is 2. The Kier molecular flexibility index (Phi) is 6.51. The van der Waals surface area contributed by atoms with Crippen LogP contribution in [0.15, 0.2) is 12.3 Å². The molecule has 26 heavy (non-hydrogen) atoms. The molecule has 0 saturated heterocycles. The van der Waals surface area contributed by atoms with Gasteiger partial charge in [-0.15, -0.1) is 11.3 Å². The minimum Gasteiger partial charge on any atom is -0.481 e. The highest BCUT2D eigenvalue weighted by atomic mass is 32.1. The van der Waals surface area contributed by atoms with Gasteiger partial charge in [0, 0.05) is 11.1 Å². The monoisotopic (exact) mass is 379 g/mol. The van der Waals surface area contributed by atoms with Crippen LogP contribution in [0, 0.1) is 6.92 Å². The van der Waals surface area contributed by atoms with Gasteiger partial charge < -0.3 is 15.2 Å². The standard InChI is InChI=1S/C17H21N3O5S/c1-4-11-10(3)26-16(14(11)17(24)25-5-2)18-15(23)12-6-8-20(19-12)9-7-13(21)22/h6,8H,4-5,7,9H2,1-3H3,(H,18,23)(H,21,22). The van der Waals surface area contributed by atoms with Crippen LogP contribution in [0.4, 0.5) is 5.00 Å². The van der Waals surface area contributed by atoms with Gasteiger partial charge >= 0.3 is 11.9 Å². The summed E-state index contributed by atoms with van der Waals surface area (Å²) >= 11 is 1.32. The van der Waals surface area contributed by atoms with Crippen molar-refractivity contribution in [1.82, 2.24) is 9.78 Å². The van der Waals surface area contributed by atoms with E-state index in [0.717, 1.165) is 10.4 Å². The molecule has 0 atom stereocenters. The Hall–Kier alpha value is -2.68. The van der Waals surface area contributed by atoms with E-state index >= 15 is 0 Å². The Morgan fingerprint density at radius 1 is 1.35 bits per heavy atom. The summed E-state index contributed by atoms with van der Waals surface area (Å²) < 4.78 is 6.51. The SMILES string of the molecule is CCOC(=O)c1c(NC(=O)c2ccn(CCC(=O)O)n2)sc(C)c1CC. The van der Waals surface area contributed by atoms with Crippen LogP contribution in [-0.2, 0) is 22.5 Å². The maximum absolute atomic E-state index is 12.5. The molecule has 2 rings (SSSR count). The van der Waals surface area contributed by atoms with Crippen molar-refractivity contribution < 1.29 is 24.2 Å². The lowest BCUT2D eigenvalue weighted by atomic mass is 10.1. The quantitative estimate of drug-likeness (QED) is 0.682. The van der Waals surface area contributed by atoms with Crippen LogP contribution in [0.25, 0.3) is 0 Å². The lowest BCUT2D eigenvalue weighted by molar-refractivity contribution is -0.137. The molecule has 0 aliphatic heterocycles. The number of amides is 1. The summed E-state index contributed by atoms with van der Waals surface area (Å²) in [4.78, 5) is 36.3. The molecule has 8 nitrogen and oxygen atoms in total. The zero-order valence-electron chi connectivity index (χ0n) is 14.9. The van der Waals surface area contributed by atoms with E-state index in [1.165, 1.54) is 22.1 Å². The summed E-state index contributed by atoms with van der Waals surface area (Å²) in [6, 6.07) is 1.50. The fourth-order valence-corrected chi connectivity index (χ4v) is 3.62. The molecule has 140 valence electrons. The second-order valence-corrected chi connectivity index (χ2v) is 6.70. The molecule has 0 fully saturated rings. The van der Waals surface area contributed by atoms with Gasteiger partial charge in [-0.2, -0.15) is 5.10 Å². The molecule has 0 aromatic carbocycles. The summed E-state index contributed by atoms with van der Waals surface area (Å²) in [6.45, 7) is 5.98. The first-order chi connectivity index (χ1) is 12.4. The molecular formula is C17H21N3O5S. The van der Waals surface area contributed by atoms with Gasteiger partial charge in [-0.25, -0.2) is 4.79 Å². The van der Waals surface area contributed by atoms with Crippen LogP contribution in [0.3, 0.4) is 0 Å². The van der Waals surface area contributed by atoms with Crippen molar-refractivity contribution in [2.75, 3.05) is 11.9 Å². The number of carbonyl (C=O) groups is 3. The van der Waals surface area contributed by atoms with Gasteiger partial charge in [0.25, 0.3) is 5.91 Å². The molecule has 0 radical (unpaired) electrons. The van der Waals surface area contributed by atoms with E-state index in [-0.39, 0.29) is 25.3 Å². The van der Waals surface area contributed by atoms with Crippen LogP contribution >= 0.6 is 11.3 Å². The molecular weight excluding hydrogens is 358 g/mol. The van der Waals surface area contributed by atoms with Crippen LogP contribution in [0.2, 0.25) is 0 Å². The molecule has 2 aromatic heterocycles. The van der Waals surface area contributed by atoms with Crippen molar-refractivity contribution in [2.24, 2.45) is 0 Å². The number of hydrogen-bond donors (Lipinski definition) is 2. The minimum atomic E-state index is -0.938. The number of esters is 1. The third-order valence-electron chi connectivity index (χ3n) is 3.70. The highest BCUT2D eigenvalue weighted by molar-refractivity contribution is 7.16. The molecule has 2 heterocycles. The number of anilines is 1. The first-order valence-electron chi connectivity index (χ1n) is 8.23. The summed E-state index contributed by atoms with van der Waals surface area (Å²) in [5.41, 5.74) is 1.39. The topological polar surface area (TPSA) is 111 Å². The third-order valence-corrected chi connectivity index (χ3v) is 4.76. The van der Waals surface area contributed by atoms with Gasteiger partial charge in [-0.05, 0) is 31.9 Å². The van der Waals surface area contributed by atoms with E-state index in [1.807, 2.05) is 13.8 Å². The summed E-state index contributed by atoms with van der Waals surface area (Å²) in [5, 5.41) is 15.9. The fraction of sp³-hybridized carbons (Fsp3) is 0.412. The van der Waals surface area contributed by atoms with E-state index in [9.17, 15) is 14.4 Å². The van der Waals surface area contributed by atoms with Gasteiger partial charge in [0.15, 0.2) is 5.69 Å². The van der Waals surface area contributed by atoms with Gasteiger partial charge in [-0.3, -0.25) is 14.3 Å². The molecule has 2 N–H and O–H groups in total. The molecule has 0 aliphatic rings. The molecule has 0 saturated carbocycles. The third kappa shape index (κ3) is 4.48. The lowest BCUT2D eigenvalue weighted by Crippen LogP contribution is -2.16. The number of nitrogens with one attached hydrogen (secondary N) is 1. The number of ether oxygens (including phenoxy) is 1. The predicted molar refractivity (Wildman–Crippen MR) is 96.8 cm³/mol. The van der Waals surface area contributed by atoms with E-state index in [1.54, 1.807) is 13.1 Å². The number of nitrogens with zero attached hydrogens (tertiary/aromatic N) is 2. The second kappa shape index (κ2) is 8.61. The molecule has 0 spiro atoms. The molecule has 0 aliphatic carbocycles. The Balaban J connectivity index is 2.21. The van der Waals surface area contributed by atoms with Gasteiger partial charge in [0.2, 0.25) is 0 Å². The average molecular weight is 379 g/mol. The Morgan fingerprint density at radius 3 is 2.69 bits per heavy atom. The number of carboxylic acids is 1. The van der Waals surface area contributed by atoms with E-state index in [4.69, 9.17) is 9.84 Å². The average Bonchev–Trinajstić information content (AvgIpc) is 3.17. The number of rotatable bonds is 8. The number of carbonyl (C=O) groups excluding carboxylic acids is 2. The number of thiophene rings is 1. The van der Waals surface area contributed by atoms with Crippen LogP contribution < -0.4 is 5.32 Å². The molecule has 0 unspecified atom stereocenters. The Labute approximate surface area is 154 Å². The van der Waals surface area contributed by atoms with Crippen molar-refractivity contribution >= 4 is 34.2 Å². The van der Waals surface area contributed by atoms with Gasteiger partial charge in [0.1, 0.15) is 5.00 Å². The molecule has 1 amide bonds. The number of carboxylic acid groups (broad SMARTS) is 1. The van der Waals surface area contributed by atoms with Crippen LogP contribution in [0.5, 0.6) is 0 Å². The summed E-state index contributed by atoms with van der Waals surface area (Å²) in [6.07, 6.45) is 2.11. The van der Waals surface area contributed by atoms with Crippen LogP contribution in [-0.4, -0.2) is 39.3 Å². The Bertz CT molecular complexity index is 824.